The van der Waals surface area contributed by atoms with Gasteiger partial charge in [0.05, 0.1) is 0 Å². The summed E-state index contributed by atoms with van der Waals surface area (Å²) >= 11 is 3.47. The Hall–Kier alpha value is -1.36. The summed E-state index contributed by atoms with van der Waals surface area (Å²) < 4.78 is 0.976. The second kappa shape index (κ2) is 6.18. The van der Waals surface area contributed by atoms with Gasteiger partial charge in [0.1, 0.15) is 5.75 Å². The summed E-state index contributed by atoms with van der Waals surface area (Å²) in [6.45, 7) is 2.63. The van der Waals surface area contributed by atoms with Crippen LogP contribution in [0.5, 0.6) is 5.75 Å². The number of aromatic hydroxyl groups is 1. The maximum Gasteiger partial charge on any atom is 0.119 e. The molecule has 0 aliphatic carbocycles. The molecule has 2 aromatic rings. The van der Waals surface area contributed by atoms with Crippen molar-refractivity contribution in [3.8, 4) is 5.75 Å². The summed E-state index contributed by atoms with van der Waals surface area (Å²) in [6, 6.07) is 16.0. The molecule has 2 atom stereocenters. The first kappa shape index (κ1) is 14.6. The van der Waals surface area contributed by atoms with Crippen molar-refractivity contribution in [1.29, 1.82) is 0 Å². The van der Waals surface area contributed by atoms with Crippen LogP contribution < -0.4 is 5.73 Å². The average Bonchev–Trinajstić information content (AvgIpc) is 2.83. The van der Waals surface area contributed by atoms with Crippen LogP contribution in [-0.2, 0) is 6.54 Å². The van der Waals surface area contributed by atoms with Crippen molar-refractivity contribution < 1.29 is 5.11 Å². The van der Waals surface area contributed by atoms with Gasteiger partial charge in [0.25, 0.3) is 0 Å². The molecule has 1 aliphatic rings. The van der Waals surface area contributed by atoms with Crippen LogP contribution in [0.2, 0.25) is 0 Å². The quantitative estimate of drug-likeness (QED) is 0.897. The van der Waals surface area contributed by atoms with Gasteiger partial charge in [-0.1, -0.05) is 46.3 Å². The highest BCUT2D eigenvalue weighted by molar-refractivity contribution is 9.10. The highest BCUT2D eigenvalue weighted by atomic mass is 79.9. The van der Waals surface area contributed by atoms with E-state index < -0.39 is 0 Å². The minimum absolute atomic E-state index is 0.0499. The van der Waals surface area contributed by atoms with E-state index in [1.807, 2.05) is 18.2 Å². The zero-order valence-electron chi connectivity index (χ0n) is 11.7. The number of phenolic OH excluding ortho intramolecular Hbond substituents is 1. The first-order valence-corrected chi connectivity index (χ1v) is 7.93. The number of hydrogen-bond donors (Lipinski definition) is 2. The standard InChI is InChI=1S/C17H19BrN2O/c18-13-6-7-17(21)14(8-13)15-10-20(11-16(15)19)9-12-4-2-1-3-5-12/h1-8,15-16,21H,9-11,19H2. The lowest BCUT2D eigenvalue weighted by molar-refractivity contribution is 0.323. The normalized spacial score (nSPS) is 22.6. The average molecular weight is 347 g/mol. The van der Waals surface area contributed by atoms with Crippen molar-refractivity contribution in [2.45, 2.75) is 18.5 Å². The van der Waals surface area contributed by atoms with Crippen LogP contribution in [0.3, 0.4) is 0 Å². The highest BCUT2D eigenvalue weighted by Crippen LogP contribution is 2.34. The van der Waals surface area contributed by atoms with Gasteiger partial charge in [-0.2, -0.15) is 0 Å². The molecule has 1 aliphatic heterocycles. The van der Waals surface area contributed by atoms with Crippen molar-refractivity contribution in [2.24, 2.45) is 5.73 Å². The van der Waals surface area contributed by atoms with E-state index in [4.69, 9.17) is 5.73 Å². The third-order valence-corrected chi connectivity index (χ3v) is 4.57. The van der Waals surface area contributed by atoms with Gasteiger partial charge in [0.2, 0.25) is 0 Å². The third kappa shape index (κ3) is 3.28. The molecule has 3 rings (SSSR count). The SMILES string of the molecule is NC1CN(Cc2ccccc2)CC1c1cc(Br)ccc1O. The Balaban J connectivity index is 1.75. The molecule has 0 aromatic heterocycles. The smallest absolute Gasteiger partial charge is 0.119 e. The van der Waals surface area contributed by atoms with Crippen LogP contribution in [0.1, 0.15) is 17.0 Å². The molecular formula is C17H19BrN2O. The second-order valence-corrected chi connectivity index (χ2v) is 6.57. The fraction of sp³-hybridized carbons (Fsp3) is 0.294. The number of halogens is 1. The summed E-state index contributed by atoms with van der Waals surface area (Å²) in [7, 11) is 0. The zero-order chi connectivity index (χ0) is 14.8. The summed E-state index contributed by atoms with van der Waals surface area (Å²) in [5, 5.41) is 10.1. The van der Waals surface area contributed by atoms with Gasteiger partial charge in [0.15, 0.2) is 0 Å². The largest absolute Gasteiger partial charge is 0.508 e. The number of benzene rings is 2. The number of rotatable bonds is 3. The summed E-state index contributed by atoms with van der Waals surface area (Å²) in [4.78, 5) is 2.35. The molecule has 1 fully saturated rings. The minimum Gasteiger partial charge on any atom is -0.508 e. The topological polar surface area (TPSA) is 49.5 Å². The van der Waals surface area contributed by atoms with Crippen LogP contribution in [0.4, 0.5) is 0 Å². The molecule has 21 heavy (non-hydrogen) atoms. The van der Waals surface area contributed by atoms with Crippen molar-refractivity contribution in [3.05, 3.63) is 64.1 Å². The number of nitrogens with two attached hydrogens (primary N) is 1. The van der Waals surface area contributed by atoms with Crippen molar-refractivity contribution in [1.82, 2.24) is 4.90 Å². The Morgan fingerprint density at radius 1 is 1.14 bits per heavy atom. The Bertz CT molecular complexity index is 617. The molecule has 2 unspecified atom stereocenters. The summed E-state index contributed by atoms with van der Waals surface area (Å²) in [5.74, 6) is 0.506. The Morgan fingerprint density at radius 2 is 1.90 bits per heavy atom. The van der Waals surface area contributed by atoms with E-state index in [1.54, 1.807) is 6.07 Å². The maximum atomic E-state index is 10.1. The van der Waals surface area contributed by atoms with Gasteiger partial charge in [-0.15, -0.1) is 0 Å². The first-order valence-electron chi connectivity index (χ1n) is 7.14. The Labute approximate surface area is 133 Å². The second-order valence-electron chi connectivity index (χ2n) is 5.65. The fourth-order valence-corrected chi connectivity index (χ4v) is 3.41. The van der Waals surface area contributed by atoms with Crippen LogP contribution in [0.25, 0.3) is 0 Å². The summed E-state index contributed by atoms with van der Waals surface area (Å²) in [5.41, 5.74) is 8.54. The number of likely N-dealkylation sites (tertiary alicyclic amines) is 1. The zero-order valence-corrected chi connectivity index (χ0v) is 13.3. The molecule has 0 amide bonds. The lowest BCUT2D eigenvalue weighted by Crippen LogP contribution is -2.28. The van der Waals surface area contributed by atoms with Gasteiger partial charge >= 0.3 is 0 Å². The van der Waals surface area contributed by atoms with Gasteiger partial charge in [0, 0.05) is 41.6 Å². The molecule has 4 heteroatoms. The molecule has 0 spiro atoms. The predicted octanol–water partition coefficient (Wildman–Crippen LogP) is 3.08. The monoisotopic (exact) mass is 346 g/mol. The van der Waals surface area contributed by atoms with Crippen LogP contribution in [0.15, 0.2) is 53.0 Å². The molecule has 2 aromatic carbocycles. The van der Waals surface area contributed by atoms with E-state index >= 15 is 0 Å². The van der Waals surface area contributed by atoms with E-state index in [-0.39, 0.29) is 12.0 Å². The van der Waals surface area contributed by atoms with E-state index in [1.165, 1.54) is 5.56 Å². The molecule has 110 valence electrons. The van der Waals surface area contributed by atoms with Crippen LogP contribution in [0, 0.1) is 0 Å². The maximum absolute atomic E-state index is 10.1. The Morgan fingerprint density at radius 3 is 2.67 bits per heavy atom. The molecule has 3 N–H and O–H groups in total. The third-order valence-electron chi connectivity index (χ3n) is 4.08. The molecule has 0 radical (unpaired) electrons. The molecule has 1 heterocycles. The summed E-state index contributed by atoms with van der Waals surface area (Å²) in [6.07, 6.45) is 0. The lowest BCUT2D eigenvalue weighted by Gasteiger charge is -2.17. The molecular weight excluding hydrogens is 328 g/mol. The number of phenols is 1. The highest BCUT2D eigenvalue weighted by Gasteiger charge is 2.32. The number of nitrogens with zero attached hydrogens (tertiary/aromatic N) is 1. The molecule has 0 saturated carbocycles. The molecule has 0 bridgehead atoms. The van der Waals surface area contributed by atoms with Crippen molar-refractivity contribution in [2.75, 3.05) is 13.1 Å². The van der Waals surface area contributed by atoms with Gasteiger partial charge in [-0.3, -0.25) is 4.90 Å². The fourth-order valence-electron chi connectivity index (χ4n) is 3.04. The van der Waals surface area contributed by atoms with Gasteiger partial charge < -0.3 is 10.8 Å². The Kier molecular flexibility index (Phi) is 4.29. The predicted molar refractivity (Wildman–Crippen MR) is 88.2 cm³/mol. The van der Waals surface area contributed by atoms with E-state index in [2.05, 4.69) is 45.1 Å². The molecule has 3 nitrogen and oxygen atoms in total. The van der Waals surface area contributed by atoms with Gasteiger partial charge in [-0.25, -0.2) is 0 Å². The first-order chi connectivity index (χ1) is 10.1. The van der Waals surface area contributed by atoms with E-state index in [0.717, 1.165) is 29.7 Å². The number of hydrogen-bond acceptors (Lipinski definition) is 3. The molecule has 1 saturated heterocycles. The van der Waals surface area contributed by atoms with Crippen LogP contribution in [-0.4, -0.2) is 29.1 Å². The lowest BCUT2D eigenvalue weighted by atomic mass is 9.94. The van der Waals surface area contributed by atoms with Crippen LogP contribution >= 0.6 is 15.9 Å². The van der Waals surface area contributed by atoms with E-state index in [9.17, 15) is 5.11 Å². The van der Waals surface area contributed by atoms with Crippen molar-refractivity contribution in [3.63, 3.8) is 0 Å². The van der Waals surface area contributed by atoms with Crippen molar-refractivity contribution >= 4 is 15.9 Å². The van der Waals surface area contributed by atoms with E-state index in [0.29, 0.717) is 5.75 Å². The minimum atomic E-state index is 0.0499. The van der Waals surface area contributed by atoms with Gasteiger partial charge in [-0.05, 0) is 23.8 Å².